The Balaban J connectivity index is 1.57. The lowest BCUT2D eigenvalue weighted by molar-refractivity contribution is -0.275. The fourth-order valence-electron chi connectivity index (χ4n) is 3.65. The number of halogens is 3. The van der Waals surface area contributed by atoms with E-state index < -0.39 is 12.0 Å². The van der Waals surface area contributed by atoms with Gasteiger partial charge >= 0.3 is 6.36 Å². The van der Waals surface area contributed by atoms with Gasteiger partial charge in [0.2, 0.25) is 0 Å². The van der Waals surface area contributed by atoms with Crippen molar-refractivity contribution < 1.29 is 32.2 Å². The molecule has 1 saturated heterocycles. The Morgan fingerprint density at radius 2 is 1.96 bits per heavy atom. The first-order valence-electron chi connectivity index (χ1n) is 8.82. The lowest BCUT2D eigenvalue weighted by Gasteiger charge is -2.19. The molecule has 1 spiro atoms. The van der Waals surface area contributed by atoms with Crippen molar-refractivity contribution in [3.05, 3.63) is 23.8 Å². The van der Waals surface area contributed by atoms with Crippen molar-refractivity contribution in [1.82, 2.24) is 0 Å². The van der Waals surface area contributed by atoms with Gasteiger partial charge in [0, 0.05) is 18.4 Å². The van der Waals surface area contributed by atoms with Crippen LogP contribution in [0.25, 0.3) is 0 Å². The second-order valence-corrected chi connectivity index (χ2v) is 7.03. The molecule has 2 fully saturated rings. The summed E-state index contributed by atoms with van der Waals surface area (Å²) in [5.41, 5.74) is 0.921. The standard InChI is InChI=1S/C18H20F3NO4/c19-18(20,21)25-15-6-5-12(9-16(15)24-13-3-1-2-4-13)14-10-17(26-22-14)7-8-23-11-17/h5-6,9,13H,1-4,7-8,10-11H2. The Morgan fingerprint density at radius 3 is 2.65 bits per heavy atom. The summed E-state index contributed by atoms with van der Waals surface area (Å²) in [6, 6.07) is 4.40. The maximum absolute atomic E-state index is 12.7. The minimum absolute atomic E-state index is 0.0859. The molecule has 3 aliphatic rings. The predicted molar refractivity (Wildman–Crippen MR) is 86.4 cm³/mol. The maximum Gasteiger partial charge on any atom is 0.573 e. The highest BCUT2D eigenvalue weighted by Crippen LogP contribution is 2.39. The van der Waals surface area contributed by atoms with Crippen LogP contribution in [0.4, 0.5) is 13.2 Å². The Morgan fingerprint density at radius 1 is 1.15 bits per heavy atom. The Labute approximate surface area is 149 Å². The van der Waals surface area contributed by atoms with E-state index in [0.29, 0.717) is 30.9 Å². The Hall–Kier alpha value is -1.96. The van der Waals surface area contributed by atoms with Crippen LogP contribution < -0.4 is 9.47 Å². The lowest BCUT2D eigenvalue weighted by Crippen LogP contribution is -2.29. The van der Waals surface area contributed by atoms with Crippen LogP contribution in [0.15, 0.2) is 23.4 Å². The van der Waals surface area contributed by atoms with E-state index in [1.165, 1.54) is 6.07 Å². The van der Waals surface area contributed by atoms with Crippen LogP contribution in [-0.2, 0) is 9.57 Å². The number of nitrogens with zero attached hydrogens (tertiary/aromatic N) is 1. The molecule has 142 valence electrons. The number of hydrogen-bond acceptors (Lipinski definition) is 5. The highest BCUT2D eigenvalue weighted by atomic mass is 19.4. The van der Waals surface area contributed by atoms with E-state index in [0.717, 1.165) is 32.1 Å². The molecule has 0 amide bonds. The van der Waals surface area contributed by atoms with E-state index >= 15 is 0 Å². The van der Waals surface area contributed by atoms with Crippen molar-refractivity contribution in [3.8, 4) is 11.5 Å². The zero-order chi connectivity index (χ0) is 18.2. The van der Waals surface area contributed by atoms with Gasteiger partial charge < -0.3 is 19.0 Å². The molecule has 1 saturated carbocycles. The molecular weight excluding hydrogens is 351 g/mol. The van der Waals surface area contributed by atoms with Gasteiger partial charge in [0.05, 0.1) is 25.0 Å². The molecule has 0 bridgehead atoms. The molecule has 1 aromatic rings. The van der Waals surface area contributed by atoms with E-state index in [1.807, 2.05) is 0 Å². The first-order valence-corrected chi connectivity index (χ1v) is 8.82. The summed E-state index contributed by atoms with van der Waals surface area (Å²) in [7, 11) is 0. The van der Waals surface area contributed by atoms with Crippen LogP contribution in [0.2, 0.25) is 0 Å². The molecule has 1 aliphatic carbocycles. The molecule has 4 rings (SSSR count). The lowest BCUT2D eigenvalue weighted by atomic mass is 9.93. The van der Waals surface area contributed by atoms with E-state index in [9.17, 15) is 13.2 Å². The van der Waals surface area contributed by atoms with Gasteiger partial charge in [-0.3, -0.25) is 0 Å². The van der Waals surface area contributed by atoms with Crippen molar-refractivity contribution >= 4 is 5.71 Å². The second kappa shape index (κ2) is 6.64. The van der Waals surface area contributed by atoms with E-state index in [4.69, 9.17) is 14.3 Å². The molecule has 26 heavy (non-hydrogen) atoms. The molecular formula is C18H20F3NO4. The van der Waals surface area contributed by atoms with Gasteiger partial charge in [0.1, 0.15) is 0 Å². The molecule has 0 aromatic heterocycles. The van der Waals surface area contributed by atoms with Crippen LogP contribution in [-0.4, -0.2) is 37.0 Å². The summed E-state index contributed by atoms with van der Waals surface area (Å²) < 4.78 is 53.5. The average molecular weight is 371 g/mol. The molecule has 8 heteroatoms. The van der Waals surface area contributed by atoms with E-state index in [-0.39, 0.29) is 17.6 Å². The molecule has 5 nitrogen and oxygen atoms in total. The molecule has 0 N–H and O–H groups in total. The summed E-state index contributed by atoms with van der Waals surface area (Å²) >= 11 is 0. The Bertz CT molecular complexity index is 692. The molecule has 1 aromatic carbocycles. The van der Waals surface area contributed by atoms with E-state index in [1.54, 1.807) is 12.1 Å². The zero-order valence-electron chi connectivity index (χ0n) is 14.2. The van der Waals surface area contributed by atoms with Crippen LogP contribution in [0.3, 0.4) is 0 Å². The molecule has 0 radical (unpaired) electrons. The van der Waals surface area contributed by atoms with Gasteiger partial charge in [-0.05, 0) is 43.9 Å². The number of alkyl halides is 3. The van der Waals surface area contributed by atoms with Crippen molar-refractivity contribution in [2.24, 2.45) is 5.16 Å². The van der Waals surface area contributed by atoms with Gasteiger partial charge in [-0.15, -0.1) is 13.2 Å². The SMILES string of the molecule is FC(F)(F)Oc1ccc(C2=NOC3(CCOC3)C2)cc1OC1CCCC1. The van der Waals surface area contributed by atoms with Crippen molar-refractivity contribution in [2.75, 3.05) is 13.2 Å². The number of ether oxygens (including phenoxy) is 3. The van der Waals surface area contributed by atoms with Crippen LogP contribution in [0.1, 0.15) is 44.1 Å². The van der Waals surface area contributed by atoms with Gasteiger partial charge in [-0.1, -0.05) is 5.16 Å². The normalized spacial score (nSPS) is 26.2. The second-order valence-electron chi connectivity index (χ2n) is 7.03. The number of rotatable bonds is 4. The minimum atomic E-state index is -4.77. The fourth-order valence-corrected chi connectivity index (χ4v) is 3.65. The topological polar surface area (TPSA) is 49.3 Å². The largest absolute Gasteiger partial charge is 0.573 e. The third kappa shape index (κ3) is 3.75. The van der Waals surface area contributed by atoms with Gasteiger partial charge in [-0.2, -0.15) is 0 Å². The summed E-state index contributed by atoms with van der Waals surface area (Å²) in [5.74, 6) is -0.232. The van der Waals surface area contributed by atoms with Crippen LogP contribution in [0.5, 0.6) is 11.5 Å². The maximum atomic E-state index is 12.7. The zero-order valence-corrected chi connectivity index (χ0v) is 14.2. The fraction of sp³-hybridized carbons (Fsp3) is 0.611. The highest BCUT2D eigenvalue weighted by molar-refractivity contribution is 6.02. The molecule has 1 unspecified atom stereocenters. The number of benzene rings is 1. The number of hydrogen-bond donors (Lipinski definition) is 0. The smallest absolute Gasteiger partial charge is 0.487 e. The Kier molecular flexibility index (Phi) is 4.46. The predicted octanol–water partition coefficient (Wildman–Crippen LogP) is 4.19. The molecule has 2 heterocycles. The third-order valence-corrected chi connectivity index (χ3v) is 5.00. The quantitative estimate of drug-likeness (QED) is 0.796. The minimum Gasteiger partial charge on any atom is -0.487 e. The van der Waals surface area contributed by atoms with E-state index in [2.05, 4.69) is 9.89 Å². The first kappa shape index (κ1) is 17.5. The third-order valence-electron chi connectivity index (χ3n) is 5.00. The van der Waals surface area contributed by atoms with Gasteiger partial charge in [0.15, 0.2) is 17.1 Å². The first-order chi connectivity index (χ1) is 12.4. The van der Waals surface area contributed by atoms with Crippen molar-refractivity contribution in [3.63, 3.8) is 0 Å². The monoisotopic (exact) mass is 371 g/mol. The van der Waals surface area contributed by atoms with Crippen molar-refractivity contribution in [1.29, 1.82) is 0 Å². The summed E-state index contributed by atoms with van der Waals surface area (Å²) in [6.07, 6.45) is 0.161. The van der Waals surface area contributed by atoms with Gasteiger partial charge in [0.25, 0.3) is 0 Å². The highest BCUT2D eigenvalue weighted by Gasteiger charge is 2.43. The number of oxime groups is 1. The summed E-state index contributed by atoms with van der Waals surface area (Å²) in [4.78, 5) is 5.56. The van der Waals surface area contributed by atoms with Crippen molar-refractivity contribution in [2.45, 2.75) is 56.6 Å². The van der Waals surface area contributed by atoms with Crippen LogP contribution in [0, 0.1) is 0 Å². The van der Waals surface area contributed by atoms with Crippen LogP contribution >= 0.6 is 0 Å². The molecule has 2 aliphatic heterocycles. The summed E-state index contributed by atoms with van der Waals surface area (Å²) in [5, 5.41) is 4.14. The van der Waals surface area contributed by atoms with Gasteiger partial charge in [-0.25, -0.2) is 0 Å². The average Bonchev–Trinajstić information content (AvgIpc) is 3.32. The summed E-state index contributed by atoms with van der Waals surface area (Å²) in [6.45, 7) is 1.10. The molecule has 1 atom stereocenters.